The van der Waals surface area contributed by atoms with Crippen molar-refractivity contribution in [2.24, 2.45) is 7.05 Å². The van der Waals surface area contributed by atoms with Crippen molar-refractivity contribution >= 4 is 0 Å². The highest BCUT2D eigenvalue weighted by atomic mass is 16.3. The Hall–Kier alpha value is -0.900. The van der Waals surface area contributed by atoms with Crippen molar-refractivity contribution in [1.29, 1.82) is 0 Å². The number of nitrogens with zero attached hydrogens (tertiary/aromatic N) is 3. The molecule has 11 heavy (non-hydrogen) atoms. The van der Waals surface area contributed by atoms with E-state index in [0.29, 0.717) is 6.42 Å². The molecule has 0 aliphatic rings. The lowest BCUT2D eigenvalue weighted by atomic mass is 10.0. The van der Waals surface area contributed by atoms with E-state index in [0.717, 1.165) is 5.69 Å². The van der Waals surface area contributed by atoms with Gasteiger partial charge in [-0.15, -0.1) is 5.10 Å². The van der Waals surface area contributed by atoms with Gasteiger partial charge >= 0.3 is 0 Å². The molecule has 0 amide bonds. The van der Waals surface area contributed by atoms with Crippen LogP contribution in [0.2, 0.25) is 0 Å². The van der Waals surface area contributed by atoms with Crippen molar-refractivity contribution < 1.29 is 5.11 Å². The summed E-state index contributed by atoms with van der Waals surface area (Å²) in [5.41, 5.74) is 0.121. The third-order valence-corrected chi connectivity index (χ3v) is 1.26. The molecule has 0 bridgehead atoms. The molecule has 1 heterocycles. The molecule has 0 aliphatic carbocycles. The number of hydrogen-bond acceptors (Lipinski definition) is 3. The average molecular weight is 155 g/mol. The summed E-state index contributed by atoms with van der Waals surface area (Å²) >= 11 is 0. The van der Waals surface area contributed by atoms with E-state index in [-0.39, 0.29) is 0 Å². The van der Waals surface area contributed by atoms with Crippen LogP contribution in [0.4, 0.5) is 0 Å². The average Bonchev–Trinajstić information content (AvgIpc) is 2.10. The van der Waals surface area contributed by atoms with E-state index in [9.17, 15) is 5.11 Å². The first-order valence-electron chi connectivity index (χ1n) is 3.55. The molecule has 0 unspecified atom stereocenters. The lowest BCUT2D eigenvalue weighted by Crippen LogP contribution is -2.21. The maximum atomic E-state index is 9.40. The predicted molar refractivity (Wildman–Crippen MR) is 41.0 cm³/mol. The molecule has 0 saturated heterocycles. The molecular weight excluding hydrogens is 142 g/mol. The molecule has 0 spiro atoms. The lowest BCUT2D eigenvalue weighted by molar-refractivity contribution is 0.0799. The van der Waals surface area contributed by atoms with E-state index < -0.39 is 5.60 Å². The second-order valence-electron chi connectivity index (χ2n) is 3.37. The van der Waals surface area contributed by atoms with Crippen molar-refractivity contribution in [1.82, 2.24) is 15.0 Å². The van der Waals surface area contributed by atoms with Gasteiger partial charge in [0.05, 0.1) is 11.3 Å². The number of aliphatic hydroxyl groups is 1. The van der Waals surface area contributed by atoms with Gasteiger partial charge in [-0.2, -0.15) is 0 Å². The van der Waals surface area contributed by atoms with E-state index in [4.69, 9.17) is 0 Å². The van der Waals surface area contributed by atoms with Gasteiger partial charge in [0.2, 0.25) is 0 Å². The van der Waals surface area contributed by atoms with E-state index >= 15 is 0 Å². The van der Waals surface area contributed by atoms with Gasteiger partial charge in [-0.3, -0.25) is 4.68 Å². The molecule has 62 valence electrons. The highest BCUT2D eigenvalue weighted by Gasteiger charge is 2.15. The van der Waals surface area contributed by atoms with Gasteiger partial charge in [0, 0.05) is 19.7 Å². The van der Waals surface area contributed by atoms with E-state index in [1.54, 1.807) is 31.8 Å². The Morgan fingerprint density at radius 1 is 1.64 bits per heavy atom. The van der Waals surface area contributed by atoms with E-state index in [1.165, 1.54) is 0 Å². The fourth-order valence-electron chi connectivity index (χ4n) is 0.920. The van der Waals surface area contributed by atoms with Crippen LogP contribution in [0.5, 0.6) is 0 Å². The standard InChI is InChI=1S/C7H13N3O/c1-7(2,11)4-6-5-10(3)9-8-6/h5,11H,4H2,1-3H3. The Bertz CT molecular complexity index is 236. The molecule has 4 heteroatoms. The van der Waals surface area contributed by atoms with Crippen LogP contribution in [0.25, 0.3) is 0 Å². The monoisotopic (exact) mass is 155 g/mol. The predicted octanol–water partition coefficient (Wildman–Crippen LogP) is 0.128. The SMILES string of the molecule is Cn1cc(CC(C)(C)O)nn1. The molecule has 1 aromatic heterocycles. The Kier molecular flexibility index (Phi) is 1.95. The third-order valence-electron chi connectivity index (χ3n) is 1.26. The Labute approximate surface area is 65.8 Å². The summed E-state index contributed by atoms with van der Waals surface area (Å²) in [4.78, 5) is 0. The molecule has 4 nitrogen and oxygen atoms in total. The van der Waals surface area contributed by atoms with Crippen LogP contribution in [0.1, 0.15) is 19.5 Å². The van der Waals surface area contributed by atoms with Crippen molar-refractivity contribution in [3.05, 3.63) is 11.9 Å². The highest BCUT2D eigenvalue weighted by Crippen LogP contribution is 2.08. The van der Waals surface area contributed by atoms with Crippen molar-refractivity contribution in [3.8, 4) is 0 Å². The number of aryl methyl sites for hydroxylation is 1. The summed E-state index contributed by atoms with van der Waals surface area (Å²) in [6.45, 7) is 3.50. The Balaban J connectivity index is 2.65. The minimum atomic E-state index is -0.698. The van der Waals surface area contributed by atoms with Gasteiger partial charge in [0.15, 0.2) is 0 Å². The summed E-state index contributed by atoms with van der Waals surface area (Å²) < 4.78 is 1.63. The number of hydrogen-bond donors (Lipinski definition) is 1. The van der Waals surface area contributed by atoms with Crippen LogP contribution < -0.4 is 0 Å². The molecule has 1 rings (SSSR count). The second kappa shape index (κ2) is 2.62. The molecular formula is C7H13N3O. The smallest absolute Gasteiger partial charge is 0.0855 e. The summed E-state index contributed by atoms with van der Waals surface area (Å²) in [7, 11) is 1.81. The van der Waals surface area contributed by atoms with Gasteiger partial charge < -0.3 is 5.11 Å². The van der Waals surface area contributed by atoms with E-state index in [2.05, 4.69) is 10.3 Å². The van der Waals surface area contributed by atoms with Crippen LogP contribution in [-0.2, 0) is 13.5 Å². The van der Waals surface area contributed by atoms with Gasteiger partial charge in [0.1, 0.15) is 0 Å². The maximum Gasteiger partial charge on any atom is 0.0855 e. The zero-order chi connectivity index (χ0) is 8.48. The number of aromatic nitrogens is 3. The second-order valence-corrected chi connectivity index (χ2v) is 3.37. The summed E-state index contributed by atoms with van der Waals surface area (Å²) in [6.07, 6.45) is 2.35. The fourth-order valence-corrected chi connectivity index (χ4v) is 0.920. The minimum absolute atomic E-state index is 0.543. The summed E-state index contributed by atoms with van der Waals surface area (Å²) in [5, 5.41) is 17.0. The zero-order valence-electron chi connectivity index (χ0n) is 7.07. The van der Waals surface area contributed by atoms with Crippen molar-refractivity contribution in [2.45, 2.75) is 25.9 Å². The van der Waals surface area contributed by atoms with Crippen LogP contribution >= 0.6 is 0 Å². The maximum absolute atomic E-state index is 9.40. The van der Waals surface area contributed by atoms with Crippen LogP contribution in [-0.4, -0.2) is 25.7 Å². The Morgan fingerprint density at radius 2 is 2.27 bits per heavy atom. The first-order chi connectivity index (χ1) is 4.97. The Morgan fingerprint density at radius 3 is 2.64 bits per heavy atom. The molecule has 0 atom stereocenters. The van der Waals surface area contributed by atoms with E-state index in [1.807, 2.05) is 0 Å². The van der Waals surface area contributed by atoms with Crippen LogP contribution in [0, 0.1) is 0 Å². The normalized spacial score (nSPS) is 12.0. The summed E-state index contributed by atoms with van der Waals surface area (Å²) in [5.74, 6) is 0. The first kappa shape index (κ1) is 8.20. The van der Waals surface area contributed by atoms with Gasteiger partial charge in [-0.25, -0.2) is 0 Å². The van der Waals surface area contributed by atoms with Crippen LogP contribution in [0.3, 0.4) is 0 Å². The molecule has 0 saturated carbocycles. The van der Waals surface area contributed by atoms with Gasteiger partial charge in [-0.05, 0) is 13.8 Å². The third kappa shape index (κ3) is 2.67. The highest BCUT2D eigenvalue weighted by molar-refractivity contribution is 4.96. The zero-order valence-corrected chi connectivity index (χ0v) is 7.07. The minimum Gasteiger partial charge on any atom is -0.390 e. The number of rotatable bonds is 2. The quantitative estimate of drug-likeness (QED) is 0.660. The molecule has 0 aromatic carbocycles. The first-order valence-corrected chi connectivity index (χ1v) is 3.55. The molecule has 0 radical (unpaired) electrons. The molecule has 0 fully saturated rings. The van der Waals surface area contributed by atoms with Crippen molar-refractivity contribution in [3.63, 3.8) is 0 Å². The lowest BCUT2D eigenvalue weighted by Gasteiger charge is -2.13. The molecule has 0 aliphatic heterocycles. The van der Waals surface area contributed by atoms with Crippen LogP contribution in [0.15, 0.2) is 6.20 Å². The summed E-state index contributed by atoms with van der Waals surface area (Å²) in [6, 6.07) is 0. The molecule has 1 aromatic rings. The topological polar surface area (TPSA) is 50.9 Å². The van der Waals surface area contributed by atoms with Gasteiger partial charge in [0.25, 0.3) is 0 Å². The molecule has 1 N–H and O–H groups in total. The fraction of sp³-hybridized carbons (Fsp3) is 0.714. The van der Waals surface area contributed by atoms with Crippen molar-refractivity contribution in [2.75, 3.05) is 0 Å². The largest absolute Gasteiger partial charge is 0.390 e. The van der Waals surface area contributed by atoms with Gasteiger partial charge in [-0.1, -0.05) is 5.21 Å².